The van der Waals surface area contributed by atoms with Crippen LogP contribution < -0.4 is 0 Å². The lowest BCUT2D eigenvalue weighted by Gasteiger charge is -2.24. The molecule has 1 aliphatic heterocycles. The molecule has 2 heterocycles. The molecule has 1 aromatic carbocycles. The van der Waals surface area contributed by atoms with E-state index in [4.69, 9.17) is 0 Å². The zero-order valence-electron chi connectivity index (χ0n) is 16.4. The minimum atomic E-state index is -2.98. The highest BCUT2D eigenvalue weighted by Gasteiger charge is 2.33. The Morgan fingerprint density at radius 2 is 2.04 bits per heavy atom. The summed E-state index contributed by atoms with van der Waals surface area (Å²) in [4.78, 5) is 14.7. The van der Waals surface area contributed by atoms with Crippen LogP contribution in [0.1, 0.15) is 37.6 Å². The first-order valence-electron chi connectivity index (χ1n) is 9.39. The van der Waals surface area contributed by atoms with Crippen molar-refractivity contribution in [3.8, 4) is 0 Å². The number of aromatic nitrogens is 3. The molecule has 1 amide bonds. The Morgan fingerprint density at radius 3 is 2.64 bits per heavy atom. The summed E-state index contributed by atoms with van der Waals surface area (Å²) in [5.74, 6) is 0.934. The summed E-state index contributed by atoms with van der Waals surface area (Å²) in [5.41, 5.74) is 1.10. The third-order valence-corrected chi connectivity index (χ3v) is 7.90. The second-order valence-corrected chi connectivity index (χ2v) is 10.6. The number of benzene rings is 1. The van der Waals surface area contributed by atoms with Crippen molar-refractivity contribution in [3.63, 3.8) is 0 Å². The molecule has 1 aromatic heterocycles. The largest absolute Gasteiger partial charge is 0.338 e. The first-order chi connectivity index (χ1) is 13.3. The van der Waals surface area contributed by atoms with Gasteiger partial charge < -0.3 is 9.47 Å². The third kappa shape index (κ3) is 4.75. The number of sulfone groups is 1. The van der Waals surface area contributed by atoms with Crippen molar-refractivity contribution < 1.29 is 13.2 Å². The van der Waals surface area contributed by atoms with Crippen LogP contribution in [0, 0.1) is 0 Å². The van der Waals surface area contributed by atoms with E-state index in [-0.39, 0.29) is 28.6 Å². The van der Waals surface area contributed by atoms with Gasteiger partial charge in [0, 0.05) is 26.1 Å². The van der Waals surface area contributed by atoms with Crippen LogP contribution in [0.4, 0.5) is 0 Å². The highest BCUT2D eigenvalue weighted by molar-refractivity contribution is 8.00. The summed E-state index contributed by atoms with van der Waals surface area (Å²) in [6, 6.07) is 9.92. The van der Waals surface area contributed by atoms with Crippen LogP contribution in [0.2, 0.25) is 0 Å². The highest BCUT2D eigenvalue weighted by Crippen LogP contribution is 2.30. The molecule has 0 N–H and O–H groups in total. The molecule has 0 radical (unpaired) electrons. The second-order valence-electron chi connectivity index (χ2n) is 7.10. The number of nitrogens with zero attached hydrogens (tertiary/aromatic N) is 4. The Kier molecular flexibility index (Phi) is 6.44. The molecule has 1 fully saturated rings. The van der Waals surface area contributed by atoms with Gasteiger partial charge in [-0.15, -0.1) is 10.2 Å². The molecule has 0 saturated carbocycles. The molecule has 152 valence electrons. The number of carbonyl (C=O) groups is 1. The van der Waals surface area contributed by atoms with Crippen LogP contribution in [0.15, 0.2) is 35.5 Å². The van der Waals surface area contributed by atoms with Gasteiger partial charge in [-0.1, -0.05) is 42.1 Å². The molecule has 1 aliphatic rings. The van der Waals surface area contributed by atoms with Gasteiger partial charge in [0.05, 0.1) is 16.8 Å². The zero-order valence-corrected chi connectivity index (χ0v) is 18.0. The highest BCUT2D eigenvalue weighted by atomic mass is 32.2. The van der Waals surface area contributed by atoms with Gasteiger partial charge in [-0.25, -0.2) is 8.42 Å². The van der Waals surface area contributed by atoms with Crippen LogP contribution >= 0.6 is 11.8 Å². The Hall–Kier alpha value is -1.87. The Morgan fingerprint density at radius 1 is 1.32 bits per heavy atom. The van der Waals surface area contributed by atoms with E-state index < -0.39 is 9.84 Å². The van der Waals surface area contributed by atoms with Crippen molar-refractivity contribution in [3.05, 3.63) is 41.7 Å². The van der Waals surface area contributed by atoms with Crippen LogP contribution in [0.5, 0.6) is 0 Å². The van der Waals surface area contributed by atoms with Gasteiger partial charge in [-0.05, 0) is 25.8 Å². The second kappa shape index (κ2) is 8.65. The van der Waals surface area contributed by atoms with E-state index in [9.17, 15) is 13.2 Å². The minimum absolute atomic E-state index is 0.0457. The fraction of sp³-hybridized carbons (Fsp3) is 0.526. The van der Waals surface area contributed by atoms with Crippen molar-refractivity contribution in [2.45, 2.75) is 43.1 Å². The molecular weight excluding hydrogens is 396 g/mol. The number of rotatable bonds is 7. The fourth-order valence-corrected chi connectivity index (χ4v) is 6.04. The monoisotopic (exact) mass is 422 g/mol. The van der Waals surface area contributed by atoms with Gasteiger partial charge in [-0.3, -0.25) is 4.79 Å². The maximum atomic E-state index is 12.9. The number of hydrogen-bond donors (Lipinski definition) is 0. The van der Waals surface area contributed by atoms with Crippen molar-refractivity contribution in [2.75, 3.05) is 18.1 Å². The van der Waals surface area contributed by atoms with Crippen molar-refractivity contribution in [2.24, 2.45) is 7.05 Å². The van der Waals surface area contributed by atoms with Gasteiger partial charge in [0.1, 0.15) is 5.82 Å². The molecule has 2 atom stereocenters. The number of carbonyl (C=O) groups excluding carboxylic acids is 1. The summed E-state index contributed by atoms with van der Waals surface area (Å²) in [5, 5.41) is 8.74. The molecule has 7 nitrogen and oxygen atoms in total. The standard InChI is InChI=1S/C19H26N4O3S2/c1-4-23(12-15-8-6-5-7-9-15)18(24)14(2)27-19-21-20-17(22(19)3)16-10-11-28(25,26)13-16/h5-9,14,16H,4,10-13H2,1-3H3/t14-,16+/m1/s1. The smallest absolute Gasteiger partial charge is 0.236 e. The molecule has 0 bridgehead atoms. The van der Waals surface area contributed by atoms with E-state index in [0.717, 1.165) is 5.56 Å². The SMILES string of the molecule is CCN(Cc1ccccc1)C(=O)[C@@H](C)Sc1nnc([C@H]2CCS(=O)(=O)C2)n1C. The normalized spacial score (nSPS) is 19.5. The Labute approximate surface area is 170 Å². The van der Waals surface area contributed by atoms with E-state index in [1.165, 1.54) is 11.8 Å². The molecular formula is C19H26N4O3S2. The molecule has 9 heteroatoms. The molecule has 2 aromatic rings. The maximum absolute atomic E-state index is 12.9. The summed E-state index contributed by atoms with van der Waals surface area (Å²) >= 11 is 1.36. The van der Waals surface area contributed by atoms with E-state index in [2.05, 4.69) is 10.2 Å². The molecule has 0 aliphatic carbocycles. The zero-order chi connectivity index (χ0) is 20.3. The lowest BCUT2D eigenvalue weighted by atomic mass is 10.1. The topological polar surface area (TPSA) is 85.2 Å². The van der Waals surface area contributed by atoms with Crippen LogP contribution in [-0.4, -0.2) is 57.3 Å². The van der Waals surface area contributed by atoms with Gasteiger partial charge in [0.15, 0.2) is 15.0 Å². The van der Waals surface area contributed by atoms with E-state index >= 15 is 0 Å². The number of thioether (sulfide) groups is 1. The Balaban J connectivity index is 1.67. The van der Waals surface area contributed by atoms with Gasteiger partial charge >= 0.3 is 0 Å². The molecule has 0 unspecified atom stereocenters. The van der Waals surface area contributed by atoms with Crippen molar-refractivity contribution in [1.82, 2.24) is 19.7 Å². The minimum Gasteiger partial charge on any atom is -0.338 e. The number of amides is 1. The quantitative estimate of drug-likeness (QED) is 0.636. The maximum Gasteiger partial charge on any atom is 0.236 e. The summed E-state index contributed by atoms with van der Waals surface area (Å²) in [7, 11) is -1.15. The molecule has 0 spiro atoms. The lowest BCUT2D eigenvalue weighted by molar-refractivity contribution is -0.130. The van der Waals surface area contributed by atoms with Crippen molar-refractivity contribution >= 4 is 27.5 Å². The lowest BCUT2D eigenvalue weighted by Crippen LogP contribution is -2.36. The van der Waals surface area contributed by atoms with E-state index in [1.54, 1.807) is 0 Å². The predicted octanol–water partition coefficient (Wildman–Crippen LogP) is 2.25. The van der Waals surface area contributed by atoms with Crippen LogP contribution in [-0.2, 0) is 28.2 Å². The molecule has 1 saturated heterocycles. The van der Waals surface area contributed by atoms with Gasteiger partial charge in [-0.2, -0.15) is 0 Å². The average Bonchev–Trinajstić information content (AvgIpc) is 3.22. The predicted molar refractivity (Wildman–Crippen MR) is 110 cm³/mol. The summed E-state index contributed by atoms with van der Waals surface area (Å²) in [6.45, 7) is 5.04. The molecule has 28 heavy (non-hydrogen) atoms. The number of hydrogen-bond acceptors (Lipinski definition) is 6. The third-order valence-electron chi connectivity index (χ3n) is 5.01. The van der Waals surface area contributed by atoms with Gasteiger partial charge in [0.2, 0.25) is 5.91 Å². The Bertz CT molecular complexity index is 928. The average molecular weight is 423 g/mol. The summed E-state index contributed by atoms with van der Waals surface area (Å²) in [6.07, 6.45) is 0.578. The first kappa shape index (κ1) is 20.9. The van der Waals surface area contributed by atoms with E-state index in [1.807, 2.05) is 60.7 Å². The van der Waals surface area contributed by atoms with Crippen LogP contribution in [0.3, 0.4) is 0 Å². The van der Waals surface area contributed by atoms with Gasteiger partial charge in [0.25, 0.3) is 0 Å². The van der Waals surface area contributed by atoms with E-state index in [0.29, 0.717) is 30.5 Å². The fourth-order valence-electron chi connectivity index (χ4n) is 3.40. The summed E-state index contributed by atoms with van der Waals surface area (Å²) < 4.78 is 25.3. The molecule has 3 rings (SSSR count). The first-order valence-corrected chi connectivity index (χ1v) is 12.1. The van der Waals surface area contributed by atoms with Crippen molar-refractivity contribution in [1.29, 1.82) is 0 Å². The van der Waals surface area contributed by atoms with Crippen LogP contribution in [0.25, 0.3) is 0 Å².